The molecule has 0 radical (unpaired) electrons. The van der Waals surface area contributed by atoms with Crippen LogP contribution >= 0.6 is 11.3 Å². The molecule has 0 aliphatic rings. The van der Waals surface area contributed by atoms with E-state index in [1.807, 2.05) is 17.4 Å². The summed E-state index contributed by atoms with van der Waals surface area (Å²) in [6, 6.07) is 76.2. The maximum absolute atomic E-state index is 6.57. The standard InChI is InChI=1S/C54H35NOS/c1-3-12-36(13-4-1)38-22-28-43(29-23-38)55(44-30-24-39(25-31-44)42-17-11-16-41(34-42)37-14-5-2-6-15-37)45-32-26-40(27-33-45)48-35-49-46-18-7-9-20-50(46)56-53(49)52-47-19-8-10-21-51(47)57-54(48)52/h1-35H. The van der Waals surface area contributed by atoms with Crippen molar-refractivity contribution in [1.82, 2.24) is 0 Å². The van der Waals surface area contributed by atoms with Crippen molar-refractivity contribution in [2.24, 2.45) is 0 Å². The molecule has 0 aliphatic carbocycles. The summed E-state index contributed by atoms with van der Waals surface area (Å²) in [5, 5.41) is 4.72. The first-order valence-electron chi connectivity index (χ1n) is 19.3. The highest BCUT2D eigenvalue weighted by molar-refractivity contribution is 7.26. The van der Waals surface area contributed by atoms with E-state index < -0.39 is 0 Å². The van der Waals surface area contributed by atoms with Gasteiger partial charge in [0, 0.05) is 53.6 Å². The van der Waals surface area contributed by atoms with Crippen molar-refractivity contribution >= 4 is 70.5 Å². The van der Waals surface area contributed by atoms with Gasteiger partial charge in [-0.05, 0) is 99.6 Å². The zero-order valence-electron chi connectivity index (χ0n) is 31.0. The smallest absolute Gasteiger partial charge is 0.144 e. The Balaban J connectivity index is 1.02. The van der Waals surface area contributed by atoms with Gasteiger partial charge in [0.2, 0.25) is 0 Å². The summed E-state index contributed by atoms with van der Waals surface area (Å²) >= 11 is 1.84. The molecule has 11 aromatic rings. The van der Waals surface area contributed by atoms with Crippen molar-refractivity contribution in [2.45, 2.75) is 0 Å². The molecule has 11 rings (SSSR count). The molecule has 0 fully saturated rings. The lowest BCUT2D eigenvalue weighted by Crippen LogP contribution is -2.09. The highest BCUT2D eigenvalue weighted by Gasteiger charge is 2.20. The minimum atomic E-state index is 0.917. The molecule has 2 heterocycles. The Morgan fingerprint density at radius 3 is 1.46 bits per heavy atom. The van der Waals surface area contributed by atoms with Crippen LogP contribution in [0, 0.1) is 0 Å². The third kappa shape index (κ3) is 5.88. The highest BCUT2D eigenvalue weighted by Crippen LogP contribution is 2.47. The molecule has 0 atom stereocenters. The number of benzene rings is 9. The van der Waals surface area contributed by atoms with Gasteiger partial charge < -0.3 is 9.32 Å². The van der Waals surface area contributed by atoms with Gasteiger partial charge in [-0.1, -0.05) is 152 Å². The fraction of sp³-hybridized carbons (Fsp3) is 0. The normalized spacial score (nSPS) is 11.5. The quantitative estimate of drug-likeness (QED) is 0.162. The molecule has 0 aliphatic heterocycles. The Labute approximate surface area is 335 Å². The summed E-state index contributed by atoms with van der Waals surface area (Å²) in [6.45, 7) is 0. The van der Waals surface area contributed by atoms with Crippen LogP contribution in [0.2, 0.25) is 0 Å². The fourth-order valence-corrected chi connectivity index (χ4v) is 9.50. The van der Waals surface area contributed by atoms with Gasteiger partial charge in [0.25, 0.3) is 0 Å². The SMILES string of the molecule is c1ccc(-c2ccc(N(c3ccc(-c4cccc(-c5ccccc5)c4)cc3)c3ccc(-c4cc5c6ccccc6oc5c5c4sc4ccccc45)cc3)cc2)cc1. The predicted octanol–water partition coefficient (Wildman–Crippen LogP) is 16.1. The van der Waals surface area contributed by atoms with Gasteiger partial charge in [-0.2, -0.15) is 0 Å². The number of hydrogen-bond acceptors (Lipinski definition) is 3. The number of rotatable bonds is 7. The predicted molar refractivity (Wildman–Crippen MR) is 243 cm³/mol. The summed E-state index contributed by atoms with van der Waals surface area (Å²) in [4.78, 5) is 2.35. The number of fused-ring (bicyclic) bond motifs is 7. The highest BCUT2D eigenvalue weighted by atomic mass is 32.1. The first-order valence-corrected chi connectivity index (χ1v) is 20.1. The Morgan fingerprint density at radius 2 is 0.825 bits per heavy atom. The molecule has 0 saturated heterocycles. The molecule has 0 bridgehead atoms. The van der Waals surface area contributed by atoms with Crippen LogP contribution in [-0.2, 0) is 0 Å². The topological polar surface area (TPSA) is 16.4 Å². The van der Waals surface area contributed by atoms with Crippen LogP contribution < -0.4 is 4.90 Å². The summed E-state index contributed by atoms with van der Waals surface area (Å²) in [5.41, 5.74) is 14.8. The number of hydrogen-bond donors (Lipinski definition) is 0. The van der Waals surface area contributed by atoms with Crippen molar-refractivity contribution in [2.75, 3.05) is 4.90 Å². The van der Waals surface area contributed by atoms with Crippen LogP contribution in [0.3, 0.4) is 0 Å². The number of nitrogens with zero attached hydrogens (tertiary/aromatic N) is 1. The van der Waals surface area contributed by atoms with Crippen LogP contribution in [0.5, 0.6) is 0 Å². The second-order valence-electron chi connectivity index (χ2n) is 14.5. The number of anilines is 3. The van der Waals surface area contributed by atoms with E-state index in [9.17, 15) is 0 Å². The monoisotopic (exact) mass is 745 g/mol. The van der Waals surface area contributed by atoms with Gasteiger partial charge in [0.1, 0.15) is 11.2 Å². The lowest BCUT2D eigenvalue weighted by molar-refractivity contribution is 0.673. The summed E-state index contributed by atoms with van der Waals surface area (Å²) in [7, 11) is 0. The molecule has 2 nitrogen and oxygen atoms in total. The van der Waals surface area contributed by atoms with Gasteiger partial charge >= 0.3 is 0 Å². The molecule has 0 N–H and O–H groups in total. The fourth-order valence-electron chi connectivity index (χ4n) is 8.26. The number of thiophene rings is 1. The lowest BCUT2D eigenvalue weighted by Gasteiger charge is -2.26. The van der Waals surface area contributed by atoms with Crippen LogP contribution in [0.25, 0.3) is 86.6 Å². The van der Waals surface area contributed by atoms with Crippen LogP contribution in [0.4, 0.5) is 17.1 Å². The van der Waals surface area contributed by atoms with Crippen LogP contribution in [-0.4, -0.2) is 0 Å². The minimum absolute atomic E-state index is 0.917. The van der Waals surface area contributed by atoms with E-state index in [1.54, 1.807) is 0 Å². The summed E-state index contributed by atoms with van der Waals surface area (Å²) < 4.78 is 9.08. The Morgan fingerprint density at radius 1 is 0.351 bits per heavy atom. The van der Waals surface area contributed by atoms with Crippen molar-refractivity contribution in [3.05, 3.63) is 212 Å². The molecular formula is C54H35NOS. The van der Waals surface area contributed by atoms with E-state index in [-0.39, 0.29) is 0 Å². The Kier molecular flexibility index (Phi) is 8.04. The van der Waals surface area contributed by atoms with Crippen molar-refractivity contribution < 1.29 is 4.42 Å². The van der Waals surface area contributed by atoms with E-state index in [1.165, 1.54) is 64.7 Å². The largest absolute Gasteiger partial charge is 0.455 e. The van der Waals surface area contributed by atoms with E-state index >= 15 is 0 Å². The molecule has 2 aromatic heterocycles. The third-order valence-corrected chi connectivity index (χ3v) is 12.3. The zero-order valence-corrected chi connectivity index (χ0v) is 31.8. The molecular weight excluding hydrogens is 711 g/mol. The van der Waals surface area contributed by atoms with E-state index in [0.717, 1.165) is 39.0 Å². The Hall–Kier alpha value is -7.20. The third-order valence-electron chi connectivity index (χ3n) is 11.1. The summed E-state index contributed by atoms with van der Waals surface area (Å²) in [5.74, 6) is 0. The van der Waals surface area contributed by atoms with E-state index in [2.05, 4.69) is 211 Å². The first-order chi connectivity index (χ1) is 28.2. The molecule has 0 amide bonds. The maximum Gasteiger partial charge on any atom is 0.144 e. The zero-order chi connectivity index (χ0) is 37.7. The van der Waals surface area contributed by atoms with E-state index in [4.69, 9.17) is 4.42 Å². The average molecular weight is 746 g/mol. The van der Waals surface area contributed by atoms with Gasteiger partial charge in [-0.25, -0.2) is 0 Å². The molecule has 268 valence electrons. The Bertz CT molecular complexity index is 3200. The first kappa shape index (κ1) is 33.2. The number of furan rings is 1. The van der Waals surface area contributed by atoms with Gasteiger partial charge in [-0.3, -0.25) is 0 Å². The maximum atomic E-state index is 6.57. The van der Waals surface area contributed by atoms with Crippen molar-refractivity contribution in [1.29, 1.82) is 0 Å². The molecule has 9 aromatic carbocycles. The second kappa shape index (κ2) is 13.8. The van der Waals surface area contributed by atoms with Gasteiger partial charge in [0.15, 0.2) is 0 Å². The van der Waals surface area contributed by atoms with Crippen LogP contribution in [0.15, 0.2) is 217 Å². The minimum Gasteiger partial charge on any atom is -0.455 e. The molecule has 0 spiro atoms. The van der Waals surface area contributed by atoms with Crippen LogP contribution in [0.1, 0.15) is 0 Å². The van der Waals surface area contributed by atoms with Gasteiger partial charge in [0.05, 0.1) is 0 Å². The lowest BCUT2D eigenvalue weighted by atomic mass is 9.98. The average Bonchev–Trinajstić information content (AvgIpc) is 3.86. The summed E-state index contributed by atoms with van der Waals surface area (Å²) in [6.07, 6.45) is 0. The molecule has 57 heavy (non-hydrogen) atoms. The second-order valence-corrected chi connectivity index (χ2v) is 15.5. The van der Waals surface area contributed by atoms with E-state index in [0.29, 0.717) is 0 Å². The van der Waals surface area contributed by atoms with Crippen molar-refractivity contribution in [3.63, 3.8) is 0 Å². The van der Waals surface area contributed by atoms with Gasteiger partial charge in [-0.15, -0.1) is 11.3 Å². The number of para-hydroxylation sites is 1. The molecule has 0 unspecified atom stereocenters. The molecule has 3 heteroatoms. The molecule has 0 saturated carbocycles. The van der Waals surface area contributed by atoms with Crippen molar-refractivity contribution in [3.8, 4) is 44.5 Å².